The van der Waals surface area contributed by atoms with E-state index in [0.29, 0.717) is 24.5 Å². The van der Waals surface area contributed by atoms with Crippen molar-refractivity contribution in [1.29, 1.82) is 0 Å². The third-order valence-electron chi connectivity index (χ3n) is 4.12. The number of hydrogen-bond acceptors (Lipinski definition) is 4. The molecule has 3 rings (SSSR count). The van der Waals surface area contributed by atoms with Gasteiger partial charge in [-0.15, -0.1) is 0 Å². The van der Waals surface area contributed by atoms with Crippen LogP contribution in [-0.4, -0.2) is 26.5 Å². The molecule has 0 fully saturated rings. The van der Waals surface area contributed by atoms with Gasteiger partial charge < -0.3 is 10.1 Å². The van der Waals surface area contributed by atoms with Crippen LogP contribution in [-0.2, 0) is 25.9 Å². The van der Waals surface area contributed by atoms with E-state index in [1.54, 1.807) is 12.1 Å². The summed E-state index contributed by atoms with van der Waals surface area (Å²) in [4.78, 5) is 21.9. The molecule has 2 heterocycles. The number of aryl methyl sites for hydroxylation is 1. The van der Waals surface area contributed by atoms with Crippen molar-refractivity contribution < 1.29 is 5.11 Å². The van der Waals surface area contributed by atoms with Crippen LogP contribution in [0.4, 0.5) is 0 Å². The van der Waals surface area contributed by atoms with Gasteiger partial charge in [-0.2, -0.15) is 0 Å². The minimum atomic E-state index is 0.000709. The van der Waals surface area contributed by atoms with Crippen molar-refractivity contribution in [3.8, 4) is 5.75 Å². The number of H-pyrrole nitrogens is 1. The van der Waals surface area contributed by atoms with Gasteiger partial charge in [0.15, 0.2) is 0 Å². The van der Waals surface area contributed by atoms with Gasteiger partial charge in [-0.1, -0.05) is 24.6 Å². The zero-order valence-electron chi connectivity index (χ0n) is 13.1. The normalized spacial score (nSPS) is 14.7. The second-order valence-corrected chi connectivity index (χ2v) is 6.33. The number of benzene rings is 1. The molecule has 2 N–H and O–H groups in total. The molecule has 1 aromatic heterocycles. The van der Waals surface area contributed by atoms with Crippen LogP contribution in [0.2, 0.25) is 5.02 Å². The van der Waals surface area contributed by atoms with Gasteiger partial charge >= 0.3 is 0 Å². The first-order chi connectivity index (χ1) is 11.1. The highest BCUT2D eigenvalue weighted by Gasteiger charge is 2.21. The minimum Gasteiger partial charge on any atom is -0.508 e. The third-order valence-corrected chi connectivity index (χ3v) is 4.47. The van der Waals surface area contributed by atoms with Gasteiger partial charge in [0.25, 0.3) is 5.56 Å². The highest BCUT2D eigenvalue weighted by molar-refractivity contribution is 6.31. The van der Waals surface area contributed by atoms with Crippen molar-refractivity contribution in [2.24, 2.45) is 0 Å². The summed E-state index contributed by atoms with van der Waals surface area (Å²) in [5, 5.41) is 10.00. The Hall–Kier alpha value is -1.85. The van der Waals surface area contributed by atoms with Crippen LogP contribution in [0.25, 0.3) is 0 Å². The molecule has 5 nitrogen and oxygen atoms in total. The average Bonchev–Trinajstić information content (AvgIpc) is 2.50. The summed E-state index contributed by atoms with van der Waals surface area (Å²) in [6.45, 7) is 4.18. The van der Waals surface area contributed by atoms with E-state index in [1.807, 2.05) is 6.07 Å². The van der Waals surface area contributed by atoms with E-state index in [4.69, 9.17) is 11.6 Å². The highest BCUT2D eigenvalue weighted by Crippen LogP contribution is 2.24. The summed E-state index contributed by atoms with van der Waals surface area (Å²) in [6, 6.07) is 5.03. The van der Waals surface area contributed by atoms with Gasteiger partial charge in [-0.3, -0.25) is 9.69 Å². The Morgan fingerprint density at radius 3 is 3.00 bits per heavy atom. The van der Waals surface area contributed by atoms with Gasteiger partial charge in [0.05, 0.1) is 5.69 Å². The van der Waals surface area contributed by atoms with Gasteiger partial charge in [-0.25, -0.2) is 4.98 Å². The number of hydrogen-bond donors (Lipinski definition) is 2. The number of aromatic amines is 1. The second-order valence-electron chi connectivity index (χ2n) is 5.92. The molecule has 0 amide bonds. The first-order valence-electron chi connectivity index (χ1n) is 7.87. The predicted molar refractivity (Wildman–Crippen MR) is 89.8 cm³/mol. The number of phenolic OH excluding ortho intramolecular Hbond substituents is 1. The fraction of sp³-hybridized carbons (Fsp3) is 0.412. The number of rotatable bonds is 4. The summed E-state index contributed by atoms with van der Waals surface area (Å²) in [5.41, 5.74) is 2.64. The summed E-state index contributed by atoms with van der Waals surface area (Å²) >= 11 is 6.18. The maximum atomic E-state index is 12.2. The quantitative estimate of drug-likeness (QED) is 0.902. The second kappa shape index (κ2) is 6.72. The smallest absolute Gasteiger partial charge is 0.254 e. The Morgan fingerprint density at radius 1 is 1.43 bits per heavy atom. The molecule has 0 atom stereocenters. The van der Waals surface area contributed by atoms with Gasteiger partial charge in [0.2, 0.25) is 0 Å². The molecule has 0 aliphatic carbocycles. The molecular weight excluding hydrogens is 314 g/mol. The predicted octanol–water partition coefficient (Wildman–Crippen LogP) is 2.64. The molecule has 0 unspecified atom stereocenters. The molecule has 2 aromatic rings. The molecule has 6 heteroatoms. The molecule has 1 aliphatic rings. The van der Waals surface area contributed by atoms with Crippen LogP contribution in [0.3, 0.4) is 0 Å². The first-order valence-corrected chi connectivity index (χ1v) is 8.25. The Balaban J connectivity index is 1.80. The van der Waals surface area contributed by atoms with Crippen molar-refractivity contribution in [3.63, 3.8) is 0 Å². The molecule has 0 saturated heterocycles. The number of halogens is 1. The molecule has 0 bridgehead atoms. The Bertz CT molecular complexity index is 773. The number of nitrogens with one attached hydrogen (secondary N) is 1. The van der Waals surface area contributed by atoms with Crippen LogP contribution in [0.5, 0.6) is 5.75 Å². The SMILES string of the molecule is CCCc1nc2c(c(=O)[nH]1)CCN(Cc1ccc(O)cc1Cl)C2. The third kappa shape index (κ3) is 3.57. The van der Waals surface area contributed by atoms with E-state index in [-0.39, 0.29) is 11.3 Å². The van der Waals surface area contributed by atoms with Crippen molar-refractivity contribution in [3.05, 3.63) is 56.2 Å². The van der Waals surface area contributed by atoms with E-state index < -0.39 is 0 Å². The molecular formula is C17H20ClN3O2. The van der Waals surface area contributed by atoms with Crippen molar-refractivity contribution in [1.82, 2.24) is 14.9 Å². The molecule has 122 valence electrons. The number of aromatic hydroxyl groups is 1. The standard InChI is InChI=1S/C17H20ClN3O2/c1-2-3-16-19-15-10-21(7-6-13(15)17(23)20-16)9-11-4-5-12(22)8-14(11)18/h4-5,8,22H,2-3,6-7,9-10H2,1H3,(H,19,20,23). The zero-order valence-corrected chi connectivity index (χ0v) is 13.9. The fourth-order valence-corrected chi connectivity index (χ4v) is 3.18. The van der Waals surface area contributed by atoms with E-state index in [2.05, 4.69) is 21.8 Å². The van der Waals surface area contributed by atoms with Crippen LogP contribution in [0.15, 0.2) is 23.0 Å². The molecule has 0 spiro atoms. The summed E-state index contributed by atoms with van der Waals surface area (Å²) in [5.74, 6) is 0.931. The monoisotopic (exact) mass is 333 g/mol. The molecule has 0 saturated carbocycles. The largest absolute Gasteiger partial charge is 0.508 e. The lowest BCUT2D eigenvalue weighted by Gasteiger charge is -2.28. The van der Waals surface area contributed by atoms with E-state index in [9.17, 15) is 9.90 Å². The van der Waals surface area contributed by atoms with Crippen molar-refractivity contribution >= 4 is 11.6 Å². The maximum Gasteiger partial charge on any atom is 0.254 e. The topological polar surface area (TPSA) is 69.2 Å². The lowest BCUT2D eigenvalue weighted by molar-refractivity contribution is 0.240. The lowest BCUT2D eigenvalue weighted by Crippen LogP contribution is -2.35. The molecule has 1 aliphatic heterocycles. The van der Waals surface area contributed by atoms with Crippen molar-refractivity contribution in [2.45, 2.75) is 39.3 Å². The maximum absolute atomic E-state index is 12.2. The van der Waals surface area contributed by atoms with Crippen LogP contribution < -0.4 is 5.56 Å². The lowest BCUT2D eigenvalue weighted by atomic mass is 10.1. The van der Waals surface area contributed by atoms with Gasteiger partial charge in [0.1, 0.15) is 11.6 Å². The number of fused-ring (bicyclic) bond motifs is 1. The average molecular weight is 334 g/mol. The summed E-state index contributed by atoms with van der Waals surface area (Å²) in [6.07, 6.45) is 2.43. The van der Waals surface area contributed by atoms with Gasteiger partial charge in [-0.05, 0) is 30.5 Å². The summed E-state index contributed by atoms with van der Waals surface area (Å²) in [7, 11) is 0. The molecule has 0 radical (unpaired) electrons. The Kier molecular flexibility index (Phi) is 4.68. The van der Waals surface area contributed by atoms with E-state index >= 15 is 0 Å². The Morgan fingerprint density at radius 2 is 2.26 bits per heavy atom. The summed E-state index contributed by atoms with van der Waals surface area (Å²) < 4.78 is 0. The van der Waals surface area contributed by atoms with Crippen LogP contribution in [0.1, 0.15) is 36.0 Å². The minimum absolute atomic E-state index is 0.000709. The number of nitrogens with zero attached hydrogens (tertiary/aromatic N) is 2. The van der Waals surface area contributed by atoms with Crippen LogP contribution in [0, 0.1) is 0 Å². The highest BCUT2D eigenvalue weighted by atomic mass is 35.5. The fourth-order valence-electron chi connectivity index (χ4n) is 2.94. The zero-order chi connectivity index (χ0) is 16.4. The Labute approximate surface area is 139 Å². The number of phenols is 1. The van der Waals surface area contributed by atoms with Crippen molar-refractivity contribution in [2.75, 3.05) is 6.54 Å². The molecule has 1 aromatic carbocycles. The van der Waals surface area contributed by atoms with Gasteiger partial charge in [0, 0.05) is 36.6 Å². The van der Waals surface area contributed by atoms with Crippen LogP contribution >= 0.6 is 11.6 Å². The van der Waals surface area contributed by atoms with E-state index in [0.717, 1.165) is 42.0 Å². The van der Waals surface area contributed by atoms with E-state index in [1.165, 1.54) is 0 Å². The molecule has 23 heavy (non-hydrogen) atoms. The number of aromatic nitrogens is 2. The first kappa shape index (κ1) is 16.0.